The van der Waals surface area contributed by atoms with Gasteiger partial charge in [-0.1, -0.05) is 11.6 Å². The molecule has 0 atom stereocenters. The molecule has 1 aliphatic rings. The van der Waals surface area contributed by atoms with Crippen LogP contribution < -0.4 is 31.5 Å². The number of ether oxygens (including phenoxy) is 5. The molecule has 0 aromatic heterocycles. The number of phenols is 1. The average molecular weight is 844 g/mol. The van der Waals surface area contributed by atoms with E-state index in [0.717, 1.165) is 11.1 Å². The van der Waals surface area contributed by atoms with Gasteiger partial charge in [0.15, 0.2) is 10.9 Å². The molecule has 0 heterocycles. The molecule has 0 spiro atoms. The van der Waals surface area contributed by atoms with Crippen LogP contribution in [-0.2, 0) is 54.6 Å². The van der Waals surface area contributed by atoms with E-state index >= 15 is 0 Å². The predicted octanol–water partition coefficient (Wildman–Crippen LogP) is 4.02. The minimum atomic E-state index is -0.510. The zero-order valence-corrected chi connectivity index (χ0v) is 35.5. The van der Waals surface area contributed by atoms with Crippen molar-refractivity contribution in [1.29, 1.82) is 0 Å². The summed E-state index contributed by atoms with van der Waals surface area (Å²) in [6, 6.07) is 2.69. The van der Waals surface area contributed by atoms with Crippen LogP contribution in [0.2, 0.25) is 0 Å². The molecule has 0 bridgehead atoms. The van der Waals surface area contributed by atoms with Gasteiger partial charge in [-0.15, -0.1) is 0 Å². The highest BCUT2D eigenvalue weighted by atomic mass is 16.5. The van der Waals surface area contributed by atoms with Crippen molar-refractivity contribution in [2.75, 3.05) is 85.9 Å². The molecule has 0 aliphatic heterocycles. The third kappa shape index (κ3) is 9.52. The van der Waals surface area contributed by atoms with Gasteiger partial charge >= 0.3 is 0 Å². The van der Waals surface area contributed by atoms with Gasteiger partial charge in [0.05, 0.1) is 76.4 Å². The molecule has 0 fully saturated rings. The van der Waals surface area contributed by atoms with E-state index in [-0.39, 0.29) is 41.2 Å². The molecule has 0 saturated heterocycles. The number of hydrogen-bond donors (Lipinski definition) is 6. The Hall–Kier alpha value is -5.16. The van der Waals surface area contributed by atoms with Crippen LogP contribution in [0.5, 0.6) is 11.5 Å². The third-order valence-corrected chi connectivity index (χ3v) is 11.3. The minimum absolute atomic E-state index is 0.0842. The summed E-state index contributed by atoms with van der Waals surface area (Å²) >= 11 is 0. The van der Waals surface area contributed by atoms with Gasteiger partial charge < -0.3 is 55.0 Å². The van der Waals surface area contributed by atoms with Crippen LogP contribution in [0.3, 0.4) is 0 Å². The molecule has 61 heavy (non-hydrogen) atoms. The fourth-order valence-corrected chi connectivity index (χ4v) is 8.65. The second-order valence-electron chi connectivity index (χ2n) is 15.3. The van der Waals surface area contributed by atoms with Gasteiger partial charge in [0.2, 0.25) is 11.8 Å². The van der Waals surface area contributed by atoms with E-state index in [1.807, 2.05) is 13.0 Å². The highest BCUT2D eigenvalue weighted by Gasteiger charge is 2.32. The summed E-state index contributed by atoms with van der Waals surface area (Å²) in [4.78, 5) is 53.7. The number of phenolic OH excluding ortho intramolecular Hbond substituents is 1. The number of aromatic hydroxyl groups is 1. The van der Waals surface area contributed by atoms with Gasteiger partial charge in [-0.3, -0.25) is 19.2 Å². The van der Waals surface area contributed by atoms with Crippen molar-refractivity contribution >= 4 is 66.7 Å². The number of carbonyl (C=O) groups excluding carboxylic acids is 2. The highest BCUT2D eigenvalue weighted by Crippen LogP contribution is 2.53. The Bertz CT molecular complexity index is 2520. The average Bonchev–Trinajstić information content (AvgIpc) is 3.40. The van der Waals surface area contributed by atoms with Crippen LogP contribution in [-0.4, -0.2) is 108 Å². The van der Waals surface area contributed by atoms with E-state index in [1.165, 1.54) is 19.2 Å². The Kier molecular flexibility index (Phi) is 15.7. The van der Waals surface area contributed by atoms with Crippen molar-refractivity contribution < 1.29 is 48.6 Å². The molecule has 0 saturated carbocycles. The molecule has 0 radical (unpaired) electrons. The number of fused-ring (bicyclic) bond motifs is 1. The number of hydrogen-bond acceptors (Lipinski definition) is 13. The van der Waals surface area contributed by atoms with Crippen molar-refractivity contribution in [3.05, 3.63) is 66.0 Å². The molecule has 5 aromatic carbocycles. The van der Waals surface area contributed by atoms with Gasteiger partial charge in [0, 0.05) is 68.6 Å². The largest absolute Gasteiger partial charge is 0.507 e. The van der Waals surface area contributed by atoms with Crippen LogP contribution in [0.4, 0.5) is 5.69 Å². The number of amides is 2. The number of aliphatic hydroxyl groups excluding tert-OH is 2. The van der Waals surface area contributed by atoms with Crippen molar-refractivity contribution in [1.82, 2.24) is 10.6 Å². The van der Waals surface area contributed by atoms with E-state index < -0.39 is 18.6 Å². The summed E-state index contributed by atoms with van der Waals surface area (Å²) < 4.78 is 27.0. The number of aliphatic hydroxyl groups is 2. The zero-order chi connectivity index (χ0) is 43.6. The molecular formula is C46H57N3O12. The Morgan fingerprint density at radius 3 is 1.82 bits per heavy atom. The quantitative estimate of drug-likeness (QED) is 0.0279. The number of unbranched alkanes of at least 4 members (excludes halogenated alkanes) is 1. The van der Waals surface area contributed by atoms with Gasteiger partial charge in [0.1, 0.15) is 11.5 Å². The normalized spacial score (nSPS) is 12.5. The van der Waals surface area contributed by atoms with Crippen molar-refractivity contribution in [3.63, 3.8) is 0 Å². The Morgan fingerprint density at radius 1 is 0.672 bits per heavy atom. The van der Waals surface area contributed by atoms with E-state index in [1.54, 1.807) is 14.2 Å². The number of nitrogens with one attached hydrogen (secondary N) is 3. The zero-order valence-electron chi connectivity index (χ0n) is 35.5. The van der Waals surface area contributed by atoms with Crippen molar-refractivity contribution in [3.8, 4) is 11.5 Å². The highest BCUT2D eigenvalue weighted by molar-refractivity contribution is 6.38. The number of anilines is 1. The molecule has 1 aliphatic carbocycles. The fraction of sp³-hybridized carbons (Fsp3) is 0.478. The maximum atomic E-state index is 14.4. The van der Waals surface area contributed by atoms with Crippen LogP contribution in [0.25, 0.3) is 49.2 Å². The maximum absolute atomic E-state index is 14.4. The summed E-state index contributed by atoms with van der Waals surface area (Å²) in [5.41, 5.74) is 3.12. The molecule has 328 valence electrons. The molecular weight excluding hydrogens is 787 g/mol. The minimum Gasteiger partial charge on any atom is -0.507 e. The number of methoxy groups -OCH3 is 3. The number of benzene rings is 5. The van der Waals surface area contributed by atoms with Gasteiger partial charge in [0.25, 0.3) is 0 Å². The SMILES string of the molecule is COCCOCCNC(=O)CCCCc1c(O)c2c(=O)cc(CO)c3c4c(CO)cc(=O)c5c(NCCCC(=O)NCCOCCOC)c(OC)c6c(c(c1C=C(C)C6)c23)c54. The first-order chi connectivity index (χ1) is 29.6. The van der Waals surface area contributed by atoms with Crippen LogP contribution in [0, 0.1) is 0 Å². The Morgan fingerprint density at radius 2 is 1.25 bits per heavy atom. The summed E-state index contributed by atoms with van der Waals surface area (Å²) in [7, 11) is 4.72. The topological polar surface area (TPSA) is 211 Å². The molecule has 6 rings (SSSR count). The second-order valence-corrected chi connectivity index (χ2v) is 15.3. The van der Waals surface area contributed by atoms with E-state index in [9.17, 15) is 34.5 Å². The maximum Gasteiger partial charge on any atom is 0.220 e. The number of carbonyl (C=O) groups is 2. The third-order valence-electron chi connectivity index (χ3n) is 11.3. The lowest BCUT2D eigenvalue weighted by atomic mass is 9.80. The van der Waals surface area contributed by atoms with E-state index in [4.69, 9.17) is 23.7 Å². The van der Waals surface area contributed by atoms with Gasteiger partial charge in [-0.05, 0) is 89.4 Å². The lowest BCUT2D eigenvalue weighted by Crippen LogP contribution is -2.27. The standard InChI is InChI=1S/C46H57N3O12/c1-26-20-30-29(8-5-6-9-34(54)47-12-14-60-18-16-57-2)45(56)41-33(53)23-28(25-51)37-36-27(24-50)22-32(52)40-42(36)39(38(30)43(37)41)31(21-26)46(59-4)44(40)49-11-7-10-35(55)48-13-15-61-19-17-58-3/h20,22-23,49-51,56H,5-19,21,24-25H2,1-4H3,(H,47,54)(H,48,55). The fourth-order valence-electron chi connectivity index (χ4n) is 8.65. The summed E-state index contributed by atoms with van der Waals surface area (Å²) in [6.45, 7) is 4.58. The lowest BCUT2D eigenvalue weighted by molar-refractivity contribution is -0.122. The monoisotopic (exact) mass is 843 g/mol. The Labute approximate surface area is 353 Å². The van der Waals surface area contributed by atoms with Crippen LogP contribution in [0.15, 0.2) is 27.3 Å². The van der Waals surface area contributed by atoms with E-state index in [2.05, 4.69) is 16.0 Å². The second kappa shape index (κ2) is 21.1. The van der Waals surface area contributed by atoms with Crippen molar-refractivity contribution in [2.24, 2.45) is 0 Å². The molecule has 5 aromatic rings. The first-order valence-electron chi connectivity index (χ1n) is 20.9. The number of rotatable bonds is 25. The first-order valence-corrected chi connectivity index (χ1v) is 20.9. The van der Waals surface area contributed by atoms with Crippen LogP contribution >= 0.6 is 0 Å². The first kappa shape index (κ1) is 45.4. The smallest absolute Gasteiger partial charge is 0.220 e. The van der Waals surface area contributed by atoms with Crippen LogP contribution in [0.1, 0.15) is 66.8 Å². The molecule has 0 unspecified atom stereocenters. The molecule has 15 heteroatoms. The van der Waals surface area contributed by atoms with Gasteiger partial charge in [-0.2, -0.15) is 0 Å². The summed E-state index contributed by atoms with van der Waals surface area (Å²) in [5, 5.41) is 46.5. The summed E-state index contributed by atoms with van der Waals surface area (Å²) in [6.07, 6.45) is 4.69. The summed E-state index contributed by atoms with van der Waals surface area (Å²) in [5.74, 6) is -0.0000171. The molecule has 15 nitrogen and oxygen atoms in total. The lowest BCUT2D eigenvalue weighted by Gasteiger charge is -2.25. The van der Waals surface area contributed by atoms with Gasteiger partial charge in [-0.25, -0.2) is 0 Å². The molecule has 6 N–H and O–H groups in total. The molecule has 2 amide bonds. The Balaban J connectivity index is 1.44. The van der Waals surface area contributed by atoms with Crippen molar-refractivity contribution in [2.45, 2.75) is 65.1 Å². The number of allylic oxidation sites excluding steroid dienone is 1. The van der Waals surface area contributed by atoms with E-state index in [0.29, 0.717) is 163 Å². The predicted molar refractivity (Wildman–Crippen MR) is 235 cm³/mol.